The van der Waals surface area contributed by atoms with Crippen molar-refractivity contribution in [2.24, 2.45) is 7.05 Å². The van der Waals surface area contributed by atoms with Gasteiger partial charge in [-0.15, -0.1) is 0 Å². The van der Waals surface area contributed by atoms with Crippen molar-refractivity contribution in [2.75, 3.05) is 5.32 Å². The molecule has 0 saturated heterocycles. The summed E-state index contributed by atoms with van der Waals surface area (Å²) in [4.78, 5) is 29.3. The number of aromatic nitrogens is 3. The second-order valence-electron chi connectivity index (χ2n) is 6.52. The van der Waals surface area contributed by atoms with Gasteiger partial charge in [0.05, 0.1) is 11.3 Å². The maximum absolute atomic E-state index is 12.5. The minimum atomic E-state index is -0.700. The highest BCUT2D eigenvalue weighted by Gasteiger charge is 2.24. The molecule has 0 aliphatic carbocycles. The number of benzene rings is 2. The lowest BCUT2D eigenvalue weighted by Gasteiger charge is -2.05. The highest BCUT2D eigenvalue weighted by molar-refractivity contribution is 6.47. The molecule has 0 fully saturated rings. The zero-order valence-corrected chi connectivity index (χ0v) is 15.7. The number of nitrogens with zero attached hydrogens (tertiary/aromatic N) is 3. The van der Waals surface area contributed by atoms with Gasteiger partial charge < -0.3 is 9.73 Å². The van der Waals surface area contributed by atoms with Crippen molar-refractivity contribution in [2.45, 2.75) is 13.8 Å². The van der Waals surface area contributed by atoms with Gasteiger partial charge in [-0.2, -0.15) is 5.10 Å². The first kappa shape index (κ1) is 17.7. The zero-order valence-electron chi connectivity index (χ0n) is 15.7. The molecule has 2 heterocycles. The summed E-state index contributed by atoms with van der Waals surface area (Å²) in [6.07, 6.45) is 0. The summed E-state index contributed by atoms with van der Waals surface area (Å²) in [6.45, 7) is 3.47. The van der Waals surface area contributed by atoms with E-state index in [9.17, 15) is 9.59 Å². The van der Waals surface area contributed by atoms with Crippen LogP contribution in [0.4, 0.5) is 5.69 Å². The van der Waals surface area contributed by atoms with Crippen LogP contribution in [0.1, 0.15) is 21.7 Å². The predicted molar refractivity (Wildman–Crippen MR) is 105 cm³/mol. The van der Waals surface area contributed by atoms with Crippen LogP contribution in [0, 0.1) is 13.8 Å². The average molecular weight is 374 g/mol. The summed E-state index contributed by atoms with van der Waals surface area (Å²) < 4.78 is 7.33. The Labute approximate surface area is 161 Å². The van der Waals surface area contributed by atoms with Gasteiger partial charge in [-0.3, -0.25) is 14.3 Å². The minimum Gasteiger partial charge on any atom is -0.436 e. The van der Waals surface area contributed by atoms with Gasteiger partial charge in [-0.05, 0) is 50.2 Å². The van der Waals surface area contributed by atoms with Crippen LogP contribution in [0.25, 0.3) is 22.6 Å². The molecule has 0 spiro atoms. The number of hydrogen-bond donors (Lipinski definition) is 1. The largest absolute Gasteiger partial charge is 0.436 e. The van der Waals surface area contributed by atoms with Crippen LogP contribution < -0.4 is 5.32 Å². The summed E-state index contributed by atoms with van der Waals surface area (Å²) in [5, 5.41) is 6.82. The van der Waals surface area contributed by atoms with Crippen LogP contribution in [-0.2, 0) is 11.8 Å². The molecule has 0 bridgehead atoms. The molecule has 0 unspecified atom stereocenters. The van der Waals surface area contributed by atoms with E-state index in [0.717, 1.165) is 11.1 Å². The molecule has 4 aromatic rings. The Bertz CT molecular complexity index is 1170. The fraction of sp³-hybridized carbons (Fsp3) is 0.143. The van der Waals surface area contributed by atoms with Crippen molar-refractivity contribution in [3.8, 4) is 11.5 Å². The van der Waals surface area contributed by atoms with Gasteiger partial charge in [0.25, 0.3) is 11.7 Å². The molecule has 2 aromatic carbocycles. The van der Waals surface area contributed by atoms with Crippen molar-refractivity contribution in [1.82, 2.24) is 14.8 Å². The van der Waals surface area contributed by atoms with Gasteiger partial charge in [0.2, 0.25) is 5.89 Å². The number of hydrogen-bond acceptors (Lipinski definition) is 5. The Morgan fingerprint density at radius 2 is 1.75 bits per heavy atom. The van der Waals surface area contributed by atoms with E-state index in [1.165, 1.54) is 0 Å². The number of carbonyl (C=O) groups excluding carboxylic acids is 2. The van der Waals surface area contributed by atoms with Crippen LogP contribution in [0.2, 0.25) is 0 Å². The van der Waals surface area contributed by atoms with Gasteiger partial charge in [0, 0.05) is 24.0 Å². The first-order valence-corrected chi connectivity index (χ1v) is 8.76. The second kappa shape index (κ2) is 6.77. The number of anilines is 1. The molecule has 0 radical (unpaired) electrons. The minimum absolute atomic E-state index is 0.336. The molecule has 4 rings (SSSR count). The zero-order chi connectivity index (χ0) is 19.8. The summed E-state index contributed by atoms with van der Waals surface area (Å²) in [6, 6.07) is 14.5. The van der Waals surface area contributed by atoms with Crippen LogP contribution in [-0.4, -0.2) is 26.5 Å². The van der Waals surface area contributed by atoms with Crippen LogP contribution in [0.15, 0.2) is 52.9 Å². The van der Waals surface area contributed by atoms with Crippen molar-refractivity contribution in [3.63, 3.8) is 0 Å². The standard InChI is InChI=1S/C21H18N4O3/c1-12-18(13(2)25(3)24-12)19(26)20(27)22-15-10-8-14(9-11-15)21-23-16-6-4-5-7-17(16)28-21/h4-11H,1-3H3,(H,22,27). The van der Waals surface area contributed by atoms with Gasteiger partial charge in [0.1, 0.15) is 5.52 Å². The quantitative estimate of drug-likeness (QED) is 0.435. The predicted octanol–water partition coefficient (Wildman–Crippen LogP) is 3.67. The number of amides is 1. The van der Waals surface area contributed by atoms with Crippen molar-refractivity contribution in [1.29, 1.82) is 0 Å². The Morgan fingerprint density at radius 3 is 2.39 bits per heavy atom. The number of fused-ring (bicyclic) bond motifs is 1. The van der Waals surface area contributed by atoms with Gasteiger partial charge in [0.15, 0.2) is 5.58 Å². The highest BCUT2D eigenvalue weighted by Crippen LogP contribution is 2.25. The van der Waals surface area contributed by atoms with Crippen molar-refractivity contribution >= 4 is 28.5 Å². The lowest BCUT2D eigenvalue weighted by atomic mass is 10.1. The van der Waals surface area contributed by atoms with E-state index in [4.69, 9.17) is 4.42 Å². The highest BCUT2D eigenvalue weighted by atomic mass is 16.3. The van der Waals surface area contributed by atoms with E-state index in [-0.39, 0.29) is 0 Å². The number of para-hydroxylation sites is 2. The molecule has 140 valence electrons. The third kappa shape index (κ3) is 3.07. The molecule has 0 atom stereocenters. The van der Waals surface area contributed by atoms with Crippen LogP contribution in [0.3, 0.4) is 0 Å². The lowest BCUT2D eigenvalue weighted by Crippen LogP contribution is -2.24. The summed E-state index contributed by atoms with van der Waals surface area (Å²) in [5.41, 5.74) is 4.31. The summed E-state index contributed by atoms with van der Waals surface area (Å²) >= 11 is 0. The van der Waals surface area contributed by atoms with E-state index in [1.807, 2.05) is 24.3 Å². The maximum atomic E-state index is 12.5. The number of carbonyl (C=O) groups is 2. The summed E-state index contributed by atoms with van der Waals surface area (Å²) in [7, 11) is 1.74. The molecule has 7 heteroatoms. The Balaban J connectivity index is 1.52. The molecular weight excluding hydrogens is 356 g/mol. The molecule has 2 aromatic heterocycles. The van der Waals surface area contributed by atoms with Crippen molar-refractivity contribution in [3.05, 3.63) is 65.5 Å². The molecule has 1 N–H and O–H groups in total. The number of oxazole rings is 1. The van der Waals surface area contributed by atoms with Gasteiger partial charge >= 0.3 is 0 Å². The third-order valence-electron chi connectivity index (χ3n) is 4.63. The molecular formula is C21H18N4O3. The number of Topliss-reactive ketones (excluding diaryl/α,β-unsaturated/α-hetero) is 1. The smallest absolute Gasteiger partial charge is 0.296 e. The van der Waals surface area contributed by atoms with Gasteiger partial charge in [-0.25, -0.2) is 4.98 Å². The topological polar surface area (TPSA) is 90.0 Å². The molecule has 0 aliphatic rings. The Morgan fingerprint density at radius 1 is 1.04 bits per heavy atom. The van der Waals surface area contributed by atoms with E-state index in [1.54, 1.807) is 49.8 Å². The van der Waals surface area contributed by atoms with E-state index in [0.29, 0.717) is 34.1 Å². The van der Waals surface area contributed by atoms with E-state index < -0.39 is 11.7 Å². The Kier molecular flexibility index (Phi) is 4.27. The fourth-order valence-electron chi connectivity index (χ4n) is 3.10. The van der Waals surface area contributed by atoms with E-state index >= 15 is 0 Å². The second-order valence-corrected chi connectivity index (χ2v) is 6.52. The SMILES string of the molecule is Cc1nn(C)c(C)c1C(=O)C(=O)Nc1ccc(-c2nc3ccccc3o2)cc1. The Hall–Kier alpha value is -3.74. The average Bonchev–Trinajstić information content (AvgIpc) is 3.22. The first-order chi connectivity index (χ1) is 13.4. The number of rotatable bonds is 4. The first-order valence-electron chi connectivity index (χ1n) is 8.76. The van der Waals surface area contributed by atoms with Crippen LogP contribution in [0.5, 0.6) is 0 Å². The number of ketones is 1. The molecule has 0 saturated carbocycles. The third-order valence-corrected chi connectivity index (χ3v) is 4.63. The fourth-order valence-corrected chi connectivity index (χ4v) is 3.10. The van der Waals surface area contributed by atoms with Crippen LogP contribution >= 0.6 is 0 Å². The van der Waals surface area contributed by atoms with Gasteiger partial charge in [-0.1, -0.05) is 12.1 Å². The van der Waals surface area contributed by atoms with Crippen molar-refractivity contribution < 1.29 is 14.0 Å². The summed E-state index contributed by atoms with van der Waals surface area (Å²) in [5.74, 6) is -0.809. The molecule has 0 aliphatic heterocycles. The maximum Gasteiger partial charge on any atom is 0.296 e. The molecule has 1 amide bonds. The number of aryl methyl sites for hydroxylation is 2. The van der Waals surface area contributed by atoms with E-state index in [2.05, 4.69) is 15.4 Å². The normalized spacial score (nSPS) is 11.0. The molecule has 28 heavy (non-hydrogen) atoms. The lowest BCUT2D eigenvalue weighted by molar-refractivity contribution is -0.112. The molecule has 7 nitrogen and oxygen atoms in total. The monoisotopic (exact) mass is 374 g/mol. The number of nitrogens with one attached hydrogen (secondary N) is 1.